The van der Waals surface area contributed by atoms with E-state index in [0.717, 1.165) is 44.8 Å². The van der Waals surface area contributed by atoms with Crippen molar-refractivity contribution in [3.8, 4) is 5.88 Å². The zero-order valence-electron chi connectivity index (χ0n) is 19.0. The number of carbonyl (C=O) groups excluding carboxylic acids is 1. The zero-order valence-corrected chi connectivity index (χ0v) is 19.0. The molecule has 1 spiro atoms. The maximum atomic E-state index is 13.2. The Morgan fingerprint density at radius 2 is 1.91 bits per heavy atom. The van der Waals surface area contributed by atoms with Crippen molar-refractivity contribution in [1.29, 1.82) is 0 Å². The van der Waals surface area contributed by atoms with Gasteiger partial charge in [0, 0.05) is 30.9 Å². The third-order valence-corrected chi connectivity index (χ3v) is 6.68. The van der Waals surface area contributed by atoms with Crippen molar-refractivity contribution in [1.82, 2.24) is 15.2 Å². The Balaban J connectivity index is 1.33. The fraction of sp³-hybridized carbons (Fsp3) is 0.520. The van der Waals surface area contributed by atoms with Gasteiger partial charge in [-0.15, -0.1) is 0 Å². The van der Waals surface area contributed by atoms with E-state index < -0.39 is 23.0 Å². The van der Waals surface area contributed by atoms with Crippen molar-refractivity contribution in [2.45, 2.75) is 63.8 Å². The van der Waals surface area contributed by atoms with Crippen molar-refractivity contribution in [3.63, 3.8) is 0 Å². The molecule has 1 aromatic carbocycles. The van der Waals surface area contributed by atoms with Gasteiger partial charge >= 0.3 is 6.18 Å². The number of benzene rings is 1. The van der Waals surface area contributed by atoms with Gasteiger partial charge in [0.1, 0.15) is 12.2 Å². The van der Waals surface area contributed by atoms with Crippen molar-refractivity contribution >= 4 is 5.91 Å². The molecule has 5 nitrogen and oxygen atoms in total. The van der Waals surface area contributed by atoms with Crippen LogP contribution in [-0.2, 0) is 17.5 Å². The molecule has 33 heavy (non-hydrogen) atoms. The normalized spacial score (nSPS) is 20.5. The molecular weight excluding hydrogens is 431 g/mol. The molecular formula is C25H30F3N3O2. The minimum Gasteiger partial charge on any atom is -0.476 e. The molecule has 2 heterocycles. The largest absolute Gasteiger partial charge is 0.476 e. The highest BCUT2D eigenvalue weighted by Gasteiger charge is 2.51. The van der Waals surface area contributed by atoms with Crippen LogP contribution in [0.2, 0.25) is 0 Å². The monoisotopic (exact) mass is 461 g/mol. The SMILES string of the molecule is CC(C)(COc1ncccc1C(F)(F)F)C(=O)NC1CCN(Cc2ccccc2)C2(CC2)C1. The first kappa shape index (κ1) is 23.5. The third-order valence-electron chi connectivity index (χ3n) is 6.68. The zero-order chi connectivity index (χ0) is 23.7. The molecule has 1 aliphatic carbocycles. The van der Waals surface area contributed by atoms with Crippen LogP contribution in [0.25, 0.3) is 0 Å². The number of rotatable bonds is 7. The lowest BCUT2D eigenvalue weighted by Crippen LogP contribution is -2.53. The number of amides is 1. The fourth-order valence-electron chi connectivity index (χ4n) is 4.49. The van der Waals surface area contributed by atoms with Gasteiger partial charge in [-0.05, 0) is 57.2 Å². The van der Waals surface area contributed by atoms with Crippen LogP contribution in [-0.4, -0.2) is 40.5 Å². The minimum atomic E-state index is -4.57. The second-order valence-corrected chi connectivity index (χ2v) is 9.82. The number of carbonyl (C=O) groups is 1. The topological polar surface area (TPSA) is 54.5 Å². The van der Waals surface area contributed by atoms with Gasteiger partial charge in [0.25, 0.3) is 0 Å². The molecule has 8 heteroatoms. The molecule has 1 atom stereocenters. The highest BCUT2D eigenvalue weighted by atomic mass is 19.4. The Morgan fingerprint density at radius 1 is 1.18 bits per heavy atom. The first-order chi connectivity index (χ1) is 15.6. The first-order valence-corrected chi connectivity index (χ1v) is 11.3. The molecule has 1 saturated heterocycles. The fourth-order valence-corrected chi connectivity index (χ4v) is 4.49. The molecule has 1 N–H and O–H groups in total. The molecule has 1 aliphatic heterocycles. The number of piperidine rings is 1. The Bertz CT molecular complexity index is 974. The number of likely N-dealkylation sites (tertiary alicyclic amines) is 1. The van der Waals surface area contributed by atoms with Gasteiger partial charge < -0.3 is 10.1 Å². The summed E-state index contributed by atoms with van der Waals surface area (Å²) in [6.45, 7) is 4.97. The summed E-state index contributed by atoms with van der Waals surface area (Å²) in [5.41, 5.74) is -0.513. The predicted molar refractivity (Wildman–Crippen MR) is 118 cm³/mol. The minimum absolute atomic E-state index is 0.0480. The van der Waals surface area contributed by atoms with Gasteiger partial charge in [0.05, 0.1) is 5.41 Å². The van der Waals surface area contributed by atoms with Crippen LogP contribution in [0.3, 0.4) is 0 Å². The van der Waals surface area contributed by atoms with Gasteiger partial charge in [0.15, 0.2) is 0 Å². The predicted octanol–water partition coefficient (Wildman–Crippen LogP) is 4.82. The van der Waals surface area contributed by atoms with Crippen molar-refractivity contribution in [2.24, 2.45) is 5.41 Å². The van der Waals surface area contributed by atoms with Crippen molar-refractivity contribution in [3.05, 3.63) is 59.8 Å². The highest BCUT2D eigenvalue weighted by molar-refractivity contribution is 5.82. The van der Waals surface area contributed by atoms with Crippen LogP contribution < -0.4 is 10.1 Å². The lowest BCUT2D eigenvalue weighted by Gasteiger charge is -2.41. The van der Waals surface area contributed by atoms with Crippen molar-refractivity contribution in [2.75, 3.05) is 13.2 Å². The van der Waals surface area contributed by atoms with Crippen LogP contribution in [0.5, 0.6) is 5.88 Å². The second-order valence-electron chi connectivity index (χ2n) is 9.82. The lowest BCUT2D eigenvalue weighted by atomic mass is 9.90. The van der Waals surface area contributed by atoms with Crippen LogP contribution in [0, 0.1) is 5.41 Å². The van der Waals surface area contributed by atoms with Crippen LogP contribution in [0.4, 0.5) is 13.2 Å². The maximum Gasteiger partial charge on any atom is 0.421 e. The Labute approximate surface area is 192 Å². The molecule has 2 aliphatic rings. The van der Waals surface area contributed by atoms with E-state index in [1.54, 1.807) is 13.8 Å². The maximum absolute atomic E-state index is 13.2. The van der Waals surface area contributed by atoms with Gasteiger partial charge in [-0.3, -0.25) is 9.69 Å². The molecule has 0 radical (unpaired) electrons. The summed E-state index contributed by atoms with van der Waals surface area (Å²) in [5.74, 6) is -0.721. The summed E-state index contributed by atoms with van der Waals surface area (Å²) in [6, 6.07) is 12.6. The molecule has 2 fully saturated rings. The van der Waals surface area contributed by atoms with Crippen LogP contribution in [0.1, 0.15) is 50.7 Å². The van der Waals surface area contributed by atoms with E-state index in [-0.39, 0.29) is 24.1 Å². The number of alkyl halides is 3. The number of aromatic nitrogens is 1. The molecule has 2 aromatic rings. The summed E-state index contributed by atoms with van der Waals surface area (Å²) < 4.78 is 44.9. The average molecular weight is 462 g/mol. The van der Waals surface area contributed by atoms with Crippen LogP contribution >= 0.6 is 0 Å². The Hall–Kier alpha value is -2.61. The Morgan fingerprint density at radius 3 is 2.58 bits per heavy atom. The van der Waals surface area contributed by atoms with Gasteiger partial charge in [-0.25, -0.2) is 4.98 Å². The number of halogens is 3. The van der Waals surface area contributed by atoms with Gasteiger partial charge in [-0.2, -0.15) is 13.2 Å². The average Bonchev–Trinajstić information content (AvgIpc) is 3.54. The summed E-state index contributed by atoms with van der Waals surface area (Å²) >= 11 is 0. The summed E-state index contributed by atoms with van der Waals surface area (Å²) in [6.07, 6.45) is 0.659. The van der Waals surface area contributed by atoms with E-state index in [2.05, 4.69) is 39.5 Å². The van der Waals surface area contributed by atoms with Crippen LogP contribution in [0.15, 0.2) is 48.7 Å². The molecule has 1 saturated carbocycles. The molecule has 4 rings (SSSR count). The second kappa shape index (κ2) is 8.97. The smallest absolute Gasteiger partial charge is 0.421 e. The van der Waals surface area contributed by atoms with E-state index in [4.69, 9.17) is 4.74 Å². The molecule has 1 unspecified atom stereocenters. The number of nitrogens with one attached hydrogen (secondary N) is 1. The molecule has 0 bridgehead atoms. The molecule has 178 valence electrons. The van der Waals surface area contributed by atoms with E-state index in [1.807, 2.05) is 6.07 Å². The number of hydrogen-bond acceptors (Lipinski definition) is 4. The first-order valence-electron chi connectivity index (χ1n) is 11.3. The number of pyridine rings is 1. The summed E-state index contributed by atoms with van der Waals surface area (Å²) in [4.78, 5) is 19.2. The van der Waals surface area contributed by atoms with Gasteiger partial charge in [0.2, 0.25) is 11.8 Å². The van der Waals surface area contributed by atoms with E-state index in [9.17, 15) is 18.0 Å². The molecule has 1 aromatic heterocycles. The lowest BCUT2D eigenvalue weighted by molar-refractivity contribution is -0.139. The quantitative estimate of drug-likeness (QED) is 0.643. The molecule has 1 amide bonds. The van der Waals surface area contributed by atoms with E-state index in [1.165, 1.54) is 17.8 Å². The summed E-state index contributed by atoms with van der Waals surface area (Å²) in [5, 5.41) is 3.13. The number of hydrogen-bond donors (Lipinski definition) is 1. The van der Waals surface area contributed by atoms with Crippen molar-refractivity contribution < 1.29 is 22.7 Å². The number of ether oxygens (including phenoxy) is 1. The Kier molecular flexibility index (Phi) is 6.40. The van der Waals surface area contributed by atoms with Gasteiger partial charge in [-0.1, -0.05) is 30.3 Å². The van der Waals surface area contributed by atoms with E-state index >= 15 is 0 Å². The highest BCUT2D eigenvalue weighted by Crippen LogP contribution is 2.49. The summed E-state index contributed by atoms with van der Waals surface area (Å²) in [7, 11) is 0. The van der Waals surface area contributed by atoms with E-state index in [0.29, 0.717) is 0 Å². The number of nitrogens with zero attached hydrogens (tertiary/aromatic N) is 2. The standard InChI is InChI=1S/C25H30F3N3O2/c1-23(2,17-33-21-20(25(26,27)28)9-6-13-29-21)22(32)30-19-10-14-31(24(15-19)11-12-24)16-18-7-4-3-5-8-18/h3-9,13,19H,10-12,14-17H2,1-2H3,(H,30,32). The third kappa shape index (κ3) is 5.49.